The van der Waals surface area contributed by atoms with E-state index in [0.717, 1.165) is 60.6 Å². The zero-order valence-corrected chi connectivity index (χ0v) is 20.1. The Morgan fingerprint density at radius 1 is 1.18 bits per heavy atom. The third-order valence-corrected chi connectivity index (χ3v) is 6.90. The highest BCUT2D eigenvalue weighted by atomic mass is 35.5. The number of hydrogen-bond acceptors (Lipinski definition) is 5. The fourth-order valence-corrected chi connectivity index (χ4v) is 4.98. The lowest BCUT2D eigenvalue weighted by molar-refractivity contribution is -0.117. The Hall–Kier alpha value is -2.64. The zero-order valence-electron chi connectivity index (χ0n) is 19.3. The van der Waals surface area contributed by atoms with Gasteiger partial charge < -0.3 is 14.7 Å². The number of rotatable bonds is 4. The average Bonchev–Trinajstić information content (AvgIpc) is 3.20. The minimum Gasteiger partial charge on any atom is -0.354 e. The van der Waals surface area contributed by atoms with Crippen LogP contribution in [-0.2, 0) is 16.6 Å². The normalized spacial score (nSPS) is 18.1. The van der Waals surface area contributed by atoms with E-state index in [1.807, 2.05) is 30.3 Å². The Kier molecular flexibility index (Phi) is 6.38. The van der Waals surface area contributed by atoms with Crippen LogP contribution in [0.4, 0.5) is 15.9 Å². The third-order valence-electron chi connectivity index (χ3n) is 6.90. The molecule has 0 spiro atoms. The maximum absolute atomic E-state index is 15.1. The Bertz CT molecular complexity index is 1180. The molecule has 1 aromatic heterocycles. The van der Waals surface area contributed by atoms with E-state index in [1.165, 1.54) is 0 Å². The van der Waals surface area contributed by atoms with E-state index in [2.05, 4.69) is 34.1 Å². The maximum Gasteiger partial charge on any atom is 0.225 e. The molecule has 2 aliphatic heterocycles. The van der Waals surface area contributed by atoms with Crippen LogP contribution in [0.5, 0.6) is 0 Å². The molecule has 0 atom stereocenters. The van der Waals surface area contributed by atoms with Crippen LogP contribution in [0.15, 0.2) is 34.9 Å². The number of piperazine rings is 1. The van der Waals surface area contributed by atoms with Crippen LogP contribution >= 0.6 is 12.4 Å². The zero-order chi connectivity index (χ0) is 22.5. The summed E-state index contributed by atoms with van der Waals surface area (Å²) in [5, 5.41) is 8.20. The molecule has 0 bridgehead atoms. The van der Waals surface area contributed by atoms with E-state index in [0.29, 0.717) is 24.1 Å². The lowest BCUT2D eigenvalue weighted by atomic mass is 9.76. The van der Waals surface area contributed by atoms with Gasteiger partial charge in [0, 0.05) is 50.1 Å². The fraction of sp³-hybridized carbons (Fsp3) is 0.440. The quantitative estimate of drug-likeness (QED) is 0.597. The summed E-state index contributed by atoms with van der Waals surface area (Å²) in [6, 6.07) is 9.89. The summed E-state index contributed by atoms with van der Waals surface area (Å²) < 4.78 is 20.6. The van der Waals surface area contributed by atoms with Crippen molar-refractivity contribution in [3.63, 3.8) is 0 Å². The first kappa shape index (κ1) is 23.5. The van der Waals surface area contributed by atoms with Crippen LogP contribution in [0.25, 0.3) is 11.0 Å². The number of benzene rings is 2. The predicted molar refractivity (Wildman–Crippen MR) is 131 cm³/mol. The van der Waals surface area contributed by atoms with Gasteiger partial charge in [-0.25, -0.2) is 4.39 Å². The number of carbonyl (C=O) groups excluding carboxylic acids is 1. The Balaban J connectivity index is 0.00000259. The summed E-state index contributed by atoms with van der Waals surface area (Å²) in [7, 11) is 0. The molecule has 1 amide bonds. The van der Waals surface area contributed by atoms with Gasteiger partial charge in [0.05, 0.1) is 11.1 Å². The van der Waals surface area contributed by atoms with Crippen LogP contribution in [0.2, 0.25) is 0 Å². The summed E-state index contributed by atoms with van der Waals surface area (Å²) in [6.07, 6.45) is 1.07. The number of anilines is 2. The molecule has 2 aliphatic rings. The van der Waals surface area contributed by atoms with Crippen molar-refractivity contribution in [1.29, 1.82) is 0 Å². The van der Waals surface area contributed by atoms with Crippen LogP contribution in [0, 0.1) is 12.7 Å². The Labute approximate surface area is 199 Å². The predicted octanol–water partition coefficient (Wildman–Crippen LogP) is 4.68. The van der Waals surface area contributed by atoms with Gasteiger partial charge in [-0.3, -0.25) is 9.69 Å². The van der Waals surface area contributed by atoms with Crippen molar-refractivity contribution in [3.05, 3.63) is 52.8 Å². The van der Waals surface area contributed by atoms with Gasteiger partial charge in [-0.2, -0.15) is 0 Å². The monoisotopic (exact) mass is 472 g/mol. The summed E-state index contributed by atoms with van der Waals surface area (Å²) in [6.45, 7) is 10.2. The van der Waals surface area contributed by atoms with Crippen molar-refractivity contribution in [2.75, 3.05) is 42.9 Å². The van der Waals surface area contributed by atoms with Gasteiger partial charge in [-0.1, -0.05) is 37.2 Å². The SMILES string of the molecule is Cc1c(F)c(CCN2CCN(c3noc4ccccc34)CC2)cc2c1NC(=O)CC2(C)C.Cl. The van der Waals surface area contributed by atoms with Gasteiger partial charge in [-0.05, 0) is 36.6 Å². The van der Waals surface area contributed by atoms with Gasteiger partial charge in [0.25, 0.3) is 0 Å². The first-order valence-electron chi connectivity index (χ1n) is 11.3. The minimum atomic E-state index is -0.295. The van der Waals surface area contributed by atoms with Crippen LogP contribution < -0.4 is 10.2 Å². The molecule has 0 aliphatic carbocycles. The first-order valence-corrected chi connectivity index (χ1v) is 11.3. The second kappa shape index (κ2) is 8.95. The van der Waals surface area contributed by atoms with Gasteiger partial charge in [0.15, 0.2) is 11.4 Å². The maximum atomic E-state index is 15.1. The molecule has 1 saturated heterocycles. The van der Waals surface area contributed by atoms with E-state index in [4.69, 9.17) is 4.52 Å². The third kappa shape index (κ3) is 4.32. The molecule has 2 aromatic carbocycles. The van der Waals surface area contributed by atoms with Crippen molar-refractivity contribution in [3.8, 4) is 0 Å². The van der Waals surface area contributed by atoms with E-state index < -0.39 is 0 Å². The topological polar surface area (TPSA) is 61.6 Å². The number of carbonyl (C=O) groups is 1. The molecule has 176 valence electrons. The van der Waals surface area contributed by atoms with Crippen molar-refractivity contribution in [2.24, 2.45) is 0 Å². The highest BCUT2D eigenvalue weighted by molar-refractivity contribution is 5.96. The number of fused-ring (bicyclic) bond motifs is 2. The number of hydrogen-bond donors (Lipinski definition) is 1. The van der Waals surface area contributed by atoms with Crippen molar-refractivity contribution in [1.82, 2.24) is 10.1 Å². The first-order chi connectivity index (χ1) is 15.3. The van der Waals surface area contributed by atoms with Gasteiger partial charge in [0.1, 0.15) is 5.82 Å². The van der Waals surface area contributed by atoms with Crippen LogP contribution in [0.1, 0.15) is 37.0 Å². The second-order valence-corrected chi connectivity index (χ2v) is 9.59. The number of para-hydroxylation sites is 1. The summed E-state index contributed by atoms with van der Waals surface area (Å²) >= 11 is 0. The van der Waals surface area contributed by atoms with Crippen LogP contribution in [0.3, 0.4) is 0 Å². The molecule has 0 unspecified atom stereocenters. The number of amides is 1. The van der Waals surface area contributed by atoms with Gasteiger partial charge in [0.2, 0.25) is 5.91 Å². The molecule has 1 N–H and O–H groups in total. The second-order valence-electron chi connectivity index (χ2n) is 9.59. The van der Waals surface area contributed by atoms with Crippen LogP contribution in [-0.4, -0.2) is 48.7 Å². The molecule has 0 radical (unpaired) electrons. The Morgan fingerprint density at radius 2 is 1.91 bits per heavy atom. The van der Waals surface area contributed by atoms with Crippen molar-refractivity contribution >= 4 is 40.8 Å². The number of nitrogens with zero attached hydrogens (tertiary/aromatic N) is 3. The molecule has 5 rings (SSSR count). The lowest BCUT2D eigenvalue weighted by Gasteiger charge is -2.35. The average molecular weight is 473 g/mol. The summed E-state index contributed by atoms with van der Waals surface area (Å²) in [5.74, 6) is 0.658. The molecule has 1 fully saturated rings. The number of nitrogens with one attached hydrogen (secondary N) is 1. The molecule has 3 heterocycles. The molecule has 3 aromatic rings. The summed E-state index contributed by atoms with van der Waals surface area (Å²) in [5.41, 5.74) is 3.48. The van der Waals surface area contributed by atoms with E-state index >= 15 is 4.39 Å². The van der Waals surface area contributed by atoms with E-state index in [9.17, 15) is 4.79 Å². The van der Waals surface area contributed by atoms with Crippen molar-refractivity contribution in [2.45, 2.75) is 39.0 Å². The molecule has 6 nitrogen and oxygen atoms in total. The highest BCUT2D eigenvalue weighted by Crippen LogP contribution is 2.41. The molecule has 0 saturated carbocycles. The highest BCUT2D eigenvalue weighted by Gasteiger charge is 2.34. The largest absolute Gasteiger partial charge is 0.354 e. The molecular formula is C25H30ClFN4O2. The fourth-order valence-electron chi connectivity index (χ4n) is 4.98. The van der Waals surface area contributed by atoms with E-state index in [1.54, 1.807) is 6.92 Å². The van der Waals surface area contributed by atoms with Gasteiger partial charge in [-0.15, -0.1) is 12.4 Å². The minimum absolute atomic E-state index is 0. The van der Waals surface area contributed by atoms with Gasteiger partial charge >= 0.3 is 0 Å². The standard InChI is InChI=1S/C25H29FN4O2.ClH/c1-16-22(26)17(14-19-23(16)27-21(31)15-25(19,2)3)8-9-29-10-12-30(13-11-29)24-18-6-4-5-7-20(18)32-28-24;/h4-7,14H,8-13,15H2,1-3H3,(H,27,31);1H. The number of aromatic nitrogens is 1. The lowest BCUT2D eigenvalue weighted by Crippen LogP contribution is -2.47. The smallest absolute Gasteiger partial charge is 0.225 e. The Morgan fingerprint density at radius 3 is 2.67 bits per heavy atom. The number of halogens is 2. The van der Waals surface area contributed by atoms with E-state index in [-0.39, 0.29) is 29.5 Å². The molecule has 8 heteroatoms. The molecular weight excluding hydrogens is 443 g/mol. The summed E-state index contributed by atoms with van der Waals surface area (Å²) in [4.78, 5) is 16.7. The molecule has 33 heavy (non-hydrogen) atoms. The van der Waals surface area contributed by atoms with Crippen molar-refractivity contribution < 1.29 is 13.7 Å².